The van der Waals surface area contributed by atoms with Crippen LogP contribution in [0.5, 0.6) is 0 Å². The molecule has 4 heterocycles. The summed E-state index contributed by atoms with van der Waals surface area (Å²) in [6.07, 6.45) is 0.487. The van der Waals surface area contributed by atoms with Gasteiger partial charge < -0.3 is 15.1 Å². The van der Waals surface area contributed by atoms with Crippen LogP contribution in [0.1, 0.15) is 39.6 Å². The van der Waals surface area contributed by atoms with Crippen LogP contribution in [0.25, 0.3) is 11.3 Å². The van der Waals surface area contributed by atoms with E-state index in [4.69, 9.17) is 4.42 Å². The van der Waals surface area contributed by atoms with Gasteiger partial charge in [-0.2, -0.15) is 0 Å². The van der Waals surface area contributed by atoms with Crippen molar-refractivity contribution >= 4 is 22.2 Å². The van der Waals surface area contributed by atoms with Gasteiger partial charge in [0.1, 0.15) is 22.3 Å². The lowest BCUT2D eigenvalue weighted by molar-refractivity contribution is 0.0930. The number of nitrogens with zero attached hydrogens (tertiary/aromatic N) is 1. The molecule has 0 fully saturated rings. The van der Waals surface area contributed by atoms with E-state index in [0.717, 1.165) is 42.2 Å². The smallest absolute Gasteiger partial charge is 0.256 e. The summed E-state index contributed by atoms with van der Waals surface area (Å²) < 4.78 is 19.1. The van der Waals surface area contributed by atoms with Crippen molar-refractivity contribution in [3.05, 3.63) is 64.0 Å². The van der Waals surface area contributed by atoms with Crippen LogP contribution in [0.15, 0.2) is 40.8 Å². The van der Waals surface area contributed by atoms with Crippen molar-refractivity contribution in [2.75, 3.05) is 18.4 Å². The van der Waals surface area contributed by atoms with Crippen molar-refractivity contribution in [1.82, 2.24) is 10.2 Å². The number of rotatable bonds is 3. The molecule has 0 radical (unpaired) electrons. The predicted molar refractivity (Wildman–Crippen MR) is 107 cm³/mol. The second kappa shape index (κ2) is 6.76. The van der Waals surface area contributed by atoms with Crippen molar-refractivity contribution in [1.29, 1.82) is 0 Å². The third-order valence-corrected chi connectivity index (χ3v) is 6.55. The molecule has 7 heteroatoms. The number of furan rings is 1. The fourth-order valence-electron chi connectivity index (χ4n) is 3.86. The number of hydrogen-bond donors (Lipinski definition) is 2. The van der Waals surface area contributed by atoms with Crippen LogP contribution >= 0.6 is 11.3 Å². The van der Waals surface area contributed by atoms with Gasteiger partial charge in [0, 0.05) is 23.5 Å². The molecular formula is C21H20FN3O2S. The number of thiophene rings is 1. The van der Waals surface area contributed by atoms with E-state index in [2.05, 4.69) is 22.5 Å². The van der Waals surface area contributed by atoms with Gasteiger partial charge in [-0.15, -0.1) is 11.3 Å². The highest BCUT2D eigenvalue weighted by molar-refractivity contribution is 7.16. The Morgan fingerprint density at radius 3 is 2.82 bits per heavy atom. The number of likely N-dealkylation sites (N-methyl/N-ethyl adjacent to an activating group) is 1. The maximum atomic E-state index is 13.1. The normalized spacial score (nSPS) is 18.9. The van der Waals surface area contributed by atoms with Crippen LogP contribution in [0.3, 0.4) is 0 Å². The number of carbonyl (C=O) groups is 1. The number of nitrogens with one attached hydrogen (secondary N) is 2. The van der Waals surface area contributed by atoms with E-state index >= 15 is 0 Å². The zero-order chi connectivity index (χ0) is 19.3. The average Bonchev–Trinajstić information content (AvgIpc) is 3.32. The Hall–Kier alpha value is -2.64. The minimum atomic E-state index is -0.420. The number of carbonyl (C=O) groups excluding carboxylic acids is 1. The lowest BCUT2D eigenvalue weighted by Crippen LogP contribution is -2.38. The first-order valence-corrected chi connectivity index (χ1v) is 10.2. The summed E-state index contributed by atoms with van der Waals surface area (Å²) in [5.74, 6) is 0.925. The highest BCUT2D eigenvalue weighted by Gasteiger charge is 2.34. The lowest BCUT2D eigenvalue weighted by atomic mass is 10.0. The molecule has 0 aliphatic carbocycles. The number of amides is 1. The van der Waals surface area contributed by atoms with Gasteiger partial charge in [-0.05, 0) is 54.9 Å². The van der Waals surface area contributed by atoms with Crippen molar-refractivity contribution in [3.63, 3.8) is 0 Å². The first kappa shape index (κ1) is 17.5. The van der Waals surface area contributed by atoms with E-state index in [1.165, 1.54) is 22.6 Å². The van der Waals surface area contributed by atoms with Gasteiger partial charge in [0.05, 0.1) is 5.56 Å². The molecule has 28 heavy (non-hydrogen) atoms. The zero-order valence-corrected chi connectivity index (χ0v) is 16.2. The third-order valence-electron chi connectivity index (χ3n) is 5.40. The quantitative estimate of drug-likeness (QED) is 0.689. The van der Waals surface area contributed by atoms with Crippen molar-refractivity contribution in [3.8, 4) is 11.3 Å². The Kier molecular flexibility index (Phi) is 4.21. The van der Waals surface area contributed by atoms with E-state index < -0.39 is 6.17 Å². The molecule has 2 aliphatic heterocycles. The SMILES string of the molecule is CCN1CCc2c(sc3c2C(=O)NC(c2ccc(-c4ccc(F)cc4)o2)N3)C1. The zero-order valence-electron chi connectivity index (χ0n) is 15.4. The summed E-state index contributed by atoms with van der Waals surface area (Å²) in [4.78, 5) is 16.5. The summed E-state index contributed by atoms with van der Waals surface area (Å²) >= 11 is 1.67. The van der Waals surface area contributed by atoms with Crippen LogP contribution in [-0.2, 0) is 13.0 Å². The second-order valence-corrected chi connectivity index (χ2v) is 8.19. The van der Waals surface area contributed by atoms with E-state index in [0.29, 0.717) is 11.5 Å². The van der Waals surface area contributed by atoms with Gasteiger partial charge in [-0.25, -0.2) is 4.39 Å². The minimum absolute atomic E-state index is 0.0547. The molecule has 0 saturated carbocycles. The van der Waals surface area contributed by atoms with Gasteiger partial charge in [0.15, 0.2) is 6.17 Å². The molecule has 1 unspecified atom stereocenters. The van der Waals surface area contributed by atoms with E-state index in [1.807, 2.05) is 12.1 Å². The molecular weight excluding hydrogens is 377 g/mol. The van der Waals surface area contributed by atoms with E-state index in [9.17, 15) is 9.18 Å². The molecule has 3 aromatic rings. The number of halogens is 1. The Balaban J connectivity index is 1.42. The van der Waals surface area contributed by atoms with Crippen molar-refractivity contribution in [2.24, 2.45) is 0 Å². The average molecular weight is 397 g/mol. The number of benzene rings is 1. The molecule has 1 amide bonds. The van der Waals surface area contributed by atoms with Gasteiger partial charge in [-0.3, -0.25) is 9.69 Å². The monoisotopic (exact) mass is 397 g/mol. The molecule has 5 nitrogen and oxygen atoms in total. The van der Waals surface area contributed by atoms with Gasteiger partial charge in [-0.1, -0.05) is 6.92 Å². The molecule has 0 spiro atoms. The summed E-state index contributed by atoms with van der Waals surface area (Å²) in [6.45, 7) is 5.07. The Labute approximate surface area is 166 Å². The molecule has 1 aromatic carbocycles. The largest absolute Gasteiger partial charge is 0.457 e. The Morgan fingerprint density at radius 2 is 2.04 bits per heavy atom. The van der Waals surface area contributed by atoms with Crippen molar-refractivity contribution < 1.29 is 13.6 Å². The van der Waals surface area contributed by atoms with Crippen molar-refractivity contribution in [2.45, 2.75) is 26.1 Å². The van der Waals surface area contributed by atoms with Crippen LogP contribution in [-0.4, -0.2) is 23.9 Å². The molecule has 0 saturated heterocycles. The van der Waals surface area contributed by atoms with Crippen LogP contribution in [0, 0.1) is 5.82 Å². The Bertz CT molecular complexity index is 1040. The number of anilines is 1. The lowest BCUT2D eigenvalue weighted by Gasteiger charge is -2.27. The maximum Gasteiger partial charge on any atom is 0.256 e. The van der Waals surface area contributed by atoms with Gasteiger partial charge in [0.25, 0.3) is 5.91 Å². The summed E-state index contributed by atoms with van der Waals surface area (Å²) in [6, 6.07) is 9.84. The molecule has 2 aliphatic rings. The fourth-order valence-corrected chi connectivity index (χ4v) is 5.17. The Morgan fingerprint density at radius 1 is 1.21 bits per heavy atom. The highest BCUT2D eigenvalue weighted by atomic mass is 32.1. The molecule has 1 atom stereocenters. The fraction of sp³-hybridized carbons (Fsp3) is 0.286. The summed E-state index contributed by atoms with van der Waals surface area (Å²) in [5, 5.41) is 7.35. The van der Waals surface area contributed by atoms with E-state index in [1.54, 1.807) is 23.5 Å². The molecule has 2 N–H and O–H groups in total. The molecule has 2 aromatic heterocycles. The van der Waals surface area contributed by atoms with Crippen LogP contribution in [0.4, 0.5) is 9.39 Å². The van der Waals surface area contributed by atoms with Crippen LogP contribution in [0.2, 0.25) is 0 Å². The molecule has 5 rings (SSSR count). The van der Waals surface area contributed by atoms with E-state index in [-0.39, 0.29) is 11.7 Å². The minimum Gasteiger partial charge on any atom is -0.457 e. The van der Waals surface area contributed by atoms with Gasteiger partial charge in [0.2, 0.25) is 0 Å². The highest BCUT2D eigenvalue weighted by Crippen LogP contribution is 2.41. The maximum absolute atomic E-state index is 13.1. The summed E-state index contributed by atoms with van der Waals surface area (Å²) in [7, 11) is 0. The predicted octanol–water partition coefficient (Wildman–Crippen LogP) is 4.38. The topological polar surface area (TPSA) is 57.5 Å². The first-order chi connectivity index (χ1) is 13.6. The molecule has 144 valence electrons. The third kappa shape index (κ3) is 2.91. The molecule has 0 bridgehead atoms. The second-order valence-electron chi connectivity index (χ2n) is 7.09. The van der Waals surface area contributed by atoms with Gasteiger partial charge >= 0.3 is 0 Å². The standard InChI is InChI=1S/C21H20FN3O2S/c1-2-25-10-9-14-17(11-25)28-21-18(14)20(26)23-19(24-21)16-8-7-15(27-16)12-3-5-13(22)6-4-12/h3-8,19,24H,2,9-11H2,1H3,(H,23,26). The number of hydrogen-bond acceptors (Lipinski definition) is 5. The number of fused-ring (bicyclic) bond motifs is 3. The summed E-state index contributed by atoms with van der Waals surface area (Å²) in [5.41, 5.74) is 2.76. The van der Waals surface area contributed by atoms with Crippen LogP contribution < -0.4 is 10.6 Å². The first-order valence-electron chi connectivity index (χ1n) is 9.42.